The first-order valence-electron chi connectivity index (χ1n) is 10.1. The van der Waals surface area contributed by atoms with Crippen LogP contribution in [0.3, 0.4) is 0 Å². The highest BCUT2D eigenvalue weighted by molar-refractivity contribution is 14.1. The summed E-state index contributed by atoms with van der Waals surface area (Å²) < 4.78 is 8.78. The summed E-state index contributed by atoms with van der Waals surface area (Å²) in [6, 6.07) is 10.4. The number of hydrogen-bond donors (Lipinski definition) is 1. The molecule has 6 heteroatoms. The fraction of sp³-hybridized carbons (Fsp3) is 0.545. The van der Waals surface area contributed by atoms with Crippen LogP contribution in [0.4, 0.5) is 0 Å². The van der Waals surface area contributed by atoms with Gasteiger partial charge in [0.25, 0.3) is 0 Å². The maximum absolute atomic E-state index is 10.6. The van der Waals surface area contributed by atoms with Crippen molar-refractivity contribution >= 4 is 28.6 Å². The minimum atomic E-state index is -0.891. The lowest BCUT2D eigenvalue weighted by Gasteiger charge is -2.28. The number of benzene rings is 1. The number of carboxylic acids is 1. The predicted octanol–water partition coefficient (Wildman–Crippen LogP) is 5.19. The van der Waals surface area contributed by atoms with Gasteiger partial charge in [0.1, 0.15) is 12.3 Å². The number of carboxylic acid groups (broad SMARTS) is 1. The average Bonchev–Trinajstić information content (AvgIpc) is 2.99. The minimum absolute atomic E-state index is 0.189. The van der Waals surface area contributed by atoms with Gasteiger partial charge in [0, 0.05) is 12.1 Å². The number of nitrogens with zero attached hydrogens (tertiary/aromatic N) is 2. The van der Waals surface area contributed by atoms with Crippen molar-refractivity contribution in [3.05, 3.63) is 39.6 Å². The second-order valence-corrected chi connectivity index (χ2v) is 9.13. The molecule has 1 N–H and O–H groups in total. The van der Waals surface area contributed by atoms with Crippen LogP contribution in [0.2, 0.25) is 0 Å². The molecule has 1 aliphatic carbocycles. The normalized spacial score (nSPS) is 19.9. The van der Waals surface area contributed by atoms with Crippen molar-refractivity contribution in [2.75, 3.05) is 13.2 Å². The third-order valence-electron chi connectivity index (χ3n) is 5.50. The Labute approximate surface area is 180 Å². The van der Waals surface area contributed by atoms with Crippen LogP contribution in [-0.2, 0) is 16.1 Å². The van der Waals surface area contributed by atoms with Gasteiger partial charge in [0.15, 0.2) is 0 Å². The van der Waals surface area contributed by atoms with Gasteiger partial charge in [0.05, 0.1) is 15.9 Å². The van der Waals surface area contributed by atoms with E-state index in [0.29, 0.717) is 24.4 Å². The Hall–Kier alpha value is -1.41. The lowest BCUT2D eigenvalue weighted by Crippen LogP contribution is -2.24. The van der Waals surface area contributed by atoms with Crippen LogP contribution >= 0.6 is 22.6 Å². The molecule has 152 valence electrons. The molecule has 0 amide bonds. The molecule has 0 radical (unpaired) electrons. The van der Waals surface area contributed by atoms with E-state index < -0.39 is 5.97 Å². The summed E-state index contributed by atoms with van der Waals surface area (Å²) in [5, 5.41) is 13.7. The van der Waals surface area contributed by atoms with Gasteiger partial charge < -0.3 is 9.84 Å². The Morgan fingerprint density at radius 2 is 1.86 bits per heavy atom. The third kappa shape index (κ3) is 5.35. The van der Waals surface area contributed by atoms with E-state index in [0.717, 1.165) is 37.9 Å². The van der Waals surface area contributed by atoms with Crippen LogP contribution in [0.1, 0.15) is 51.1 Å². The summed E-state index contributed by atoms with van der Waals surface area (Å²) in [4.78, 5) is 10.6. The Bertz CT molecular complexity index is 781. The van der Waals surface area contributed by atoms with Crippen LogP contribution in [0.5, 0.6) is 0 Å². The van der Waals surface area contributed by atoms with E-state index in [2.05, 4.69) is 65.4 Å². The number of ether oxygens (including phenoxy) is 1. The van der Waals surface area contributed by atoms with Crippen molar-refractivity contribution < 1.29 is 14.6 Å². The van der Waals surface area contributed by atoms with Gasteiger partial charge >= 0.3 is 5.97 Å². The molecule has 1 aliphatic rings. The number of aromatic nitrogens is 2. The fourth-order valence-corrected chi connectivity index (χ4v) is 5.38. The molecule has 0 aliphatic heterocycles. The molecule has 1 fully saturated rings. The average molecular weight is 496 g/mol. The molecular weight excluding hydrogens is 467 g/mol. The highest BCUT2D eigenvalue weighted by Gasteiger charge is 2.25. The molecule has 0 saturated heterocycles. The fourth-order valence-electron chi connectivity index (χ4n) is 4.06. The van der Waals surface area contributed by atoms with Crippen molar-refractivity contribution in [1.82, 2.24) is 9.78 Å². The molecule has 0 spiro atoms. The van der Waals surface area contributed by atoms with E-state index in [1.54, 1.807) is 0 Å². The van der Waals surface area contributed by atoms with E-state index >= 15 is 0 Å². The van der Waals surface area contributed by atoms with Crippen LogP contribution in [0.25, 0.3) is 11.3 Å². The first-order chi connectivity index (χ1) is 13.5. The zero-order valence-electron chi connectivity index (χ0n) is 16.6. The number of halogens is 1. The van der Waals surface area contributed by atoms with Crippen LogP contribution in [0.15, 0.2) is 30.3 Å². The summed E-state index contributed by atoms with van der Waals surface area (Å²) in [7, 11) is 0. The lowest BCUT2D eigenvalue weighted by molar-refractivity contribution is -0.142. The van der Waals surface area contributed by atoms with Gasteiger partial charge in [-0.2, -0.15) is 5.10 Å². The smallest absolute Gasteiger partial charge is 0.329 e. The Morgan fingerprint density at radius 1 is 1.21 bits per heavy atom. The van der Waals surface area contributed by atoms with E-state index in [-0.39, 0.29) is 6.61 Å². The standard InChI is InChI=1S/C22H29IN2O3/c1-15(2)22-20(23)21(18-6-4-3-5-7-18)24-25(22)12-16-8-10-17(11-9-16)13-28-14-19(26)27/h3-7,15-17H,8-14H2,1-2H3,(H,26,27). The molecule has 1 aromatic carbocycles. The van der Waals surface area contributed by atoms with Crippen molar-refractivity contribution in [3.63, 3.8) is 0 Å². The largest absolute Gasteiger partial charge is 0.480 e. The van der Waals surface area contributed by atoms with E-state index in [9.17, 15) is 4.79 Å². The van der Waals surface area contributed by atoms with Gasteiger partial charge in [-0.1, -0.05) is 44.2 Å². The number of hydrogen-bond acceptors (Lipinski definition) is 3. The molecule has 1 aromatic heterocycles. The molecule has 1 heterocycles. The van der Waals surface area contributed by atoms with Gasteiger partial charge in [-0.05, 0) is 66.0 Å². The first-order valence-corrected chi connectivity index (χ1v) is 11.1. The summed E-state index contributed by atoms with van der Waals surface area (Å²) in [6.45, 7) is 5.81. The highest BCUT2D eigenvalue weighted by Crippen LogP contribution is 2.34. The van der Waals surface area contributed by atoms with Crippen LogP contribution in [0, 0.1) is 15.4 Å². The molecule has 3 rings (SSSR count). The zero-order chi connectivity index (χ0) is 20.1. The summed E-state index contributed by atoms with van der Waals surface area (Å²) in [5.41, 5.74) is 3.58. The second-order valence-electron chi connectivity index (χ2n) is 8.05. The maximum Gasteiger partial charge on any atom is 0.329 e. The summed E-state index contributed by atoms with van der Waals surface area (Å²) >= 11 is 2.45. The van der Waals surface area contributed by atoms with Crippen molar-refractivity contribution in [2.24, 2.45) is 11.8 Å². The van der Waals surface area contributed by atoms with E-state index in [4.69, 9.17) is 14.9 Å². The Morgan fingerprint density at radius 3 is 2.46 bits per heavy atom. The molecule has 2 aromatic rings. The molecule has 28 heavy (non-hydrogen) atoms. The van der Waals surface area contributed by atoms with Gasteiger partial charge in [0.2, 0.25) is 0 Å². The Kier molecular flexibility index (Phi) is 7.51. The minimum Gasteiger partial charge on any atom is -0.480 e. The van der Waals surface area contributed by atoms with Gasteiger partial charge in [-0.3, -0.25) is 4.68 Å². The van der Waals surface area contributed by atoms with Crippen molar-refractivity contribution in [2.45, 2.75) is 52.0 Å². The Balaban J connectivity index is 1.65. The van der Waals surface area contributed by atoms with Crippen molar-refractivity contribution in [3.8, 4) is 11.3 Å². The first kappa shape index (κ1) is 21.3. The molecule has 0 bridgehead atoms. The zero-order valence-corrected chi connectivity index (χ0v) is 18.8. The number of aliphatic carboxylic acids is 1. The third-order valence-corrected chi connectivity index (χ3v) is 6.57. The van der Waals surface area contributed by atoms with Gasteiger partial charge in [-0.15, -0.1) is 0 Å². The predicted molar refractivity (Wildman–Crippen MR) is 118 cm³/mol. The van der Waals surface area contributed by atoms with E-state index in [1.165, 1.54) is 14.8 Å². The molecule has 0 atom stereocenters. The van der Waals surface area contributed by atoms with Gasteiger partial charge in [-0.25, -0.2) is 4.79 Å². The number of rotatable bonds is 8. The quantitative estimate of drug-likeness (QED) is 0.512. The number of carbonyl (C=O) groups is 1. The molecular formula is C22H29IN2O3. The summed E-state index contributed by atoms with van der Waals surface area (Å²) in [5.74, 6) is 0.639. The lowest BCUT2D eigenvalue weighted by atomic mass is 9.82. The molecule has 0 unspecified atom stereocenters. The van der Waals surface area contributed by atoms with Crippen molar-refractivity contribution in [1.29, 1.82) is 0 Å². The van der Waals surface area contributed by atoms with Crippen LogP contribution < -0.4 is 0 Å². The maximum atomic E-state index is 10.6. The second kappa shape index (κ2) is 9.87. The SMILES string of the molecule is CC(C)c1c(I)c(-c2ccccc2)nn1CC1CCC(COCC(=O)O)CC1. The van der Waals surface area contributed by atoms with Crippen LogP contribution in [-0.4, -0.2) is 34.1 Å². The monoisotopic (exact) mass is 496 g/mol. The molecule has 5 nitrogen and oxygen atoms in total. The molecule has 1 saturated carbocycles. The van der Waals surface area contributed by atoms with E-state index in [1.807, 2.05) is 6.07 Å². The summed E-state index contributed by atoms with van der Waals surface area (Å²) in [6.07, 6.45) is 4.50. The topological polar surface area (TPSA) is 64.4 Å². The highest BCUT2D eigenvalue weighted by atomic mass is 127.